The average molecular weight is 396 g/mol. The second-order valence-electron chi connectivity index (χ2n) is 6.28. The molecule has 0 amide bonds. The van der Waals surface area contributed by atoms with E-state index in [1.807, 2.05) is 72.8 Å². The monoisotopic (exact) mass is 396 g/mol. The van der Waals surface area contributed by atoms with Crippen LogP contribution in [0.1, 0.15) is 11.1 Å². The van der Waals surface area contributed by atoms with Crippen LogP contribution in [-0.4, -0.2) is 25.6 Å². The van der Waals surface area contributed by atoms with Gasteiger partial charge in [-0.15, -0.1) is 0 Å². The van der Waals surface area contributed by atoms with Crippen molar-refractivity contribution in [2.45, 2.75) is 0 Å². The zero-order valence-corrected chi connectivity index (χ0v) is 16.8. The highest BCUT2D eigenvalue weighted by atomic mass is 16.5. The van der Waals surface area contributed by atoms with Crippen LogP contribution in [0.15, 0.2) is 108 Å². The maximum absolute atomic E-state index is 5.70. The zero-order chi connectivity index (χ0) is 21.0. The largest absolute Gasteiger partial charge is 0.489 e. The van der Waals surface area contributed by atoms with Crippen LogP contribution in [0.5, 0.6) is 11.5 Å². The van der Waals surface area contributed by atoms with Gasteiger partial charge in [-0.1, -0.05) is 61.7 Å². The highest BCUT2D eigenvalue weighted by Gasteiger charge is 2.03. The van der Waals surface area contributed by atoms with Crippen LogP contribution < -0.4 is 9.47 Å². The van der Waals surface area contributed by atoms with Crippen molar-refractivity contribution in [2.24, 2.45) is 9.98 Å². The predicted octanol–water partition coefficient (Wildman–Crippen LogP) is 6.32. The Labute approximate surface area is 177 Å². The third kappa shape index (κ3) is 5.79. The Morgan fingerprint density at radius 1 is 0.600 bits per heavy atom. The van der Waals surface area contributed by atoms with Gasteiger partial charge in [0.25, 0.3) is 0 Å². The highest BCUT2D eigenvalue weighted by Crippen LogP contribution is 2.28. The van der Waals surface area contributed by atoms with E-state index < -0.39 is 0 Å². The van der Waals surface area contributed by atoms with Crippen molar-refractivity contribution < 1.29 is 9.47 Å². The molecule has 4 nitrogen and oxygen atoms in total. The minimum absolute atomic E-state index is 0.444. The Hall–Kier alpha value is -3.92. The standard InChI is InChI=1S/C26H24N2O2/c1-3-17-29-25-15-9-5-11-21(25)19-27-23-13-7-8-14-24(23)28-20-22-12-6-10-16-26(22)30-18-4-2/h3-16,19-20H,1-2,17-18H2. The van der Waals surface area contributed by atoms with Crippen molar-refractivity contribution in [1.82, 2.24) is 0 Å². The van der Waals surface area contributed by atoms with E-state index in [0.717, 1.165) is 34.0 Å². The summed E-state index contributed by atoms with van der Waals surface area (Å²) in [6.07, 6.45) is 7.00. The lowest BCUT2D eigenvalue weighted by molar-refractivity contribution is 0.362. The van der Waals surface area contributed by atoms with Crippen molar-refractivity contribution in [3.63, 3.8) is 0 Å². The number of hydrogen-bond donors (Lipinski definition) is 0. The van der Waals surface area contributed by atoms with Crippen LogP contribution in [0.25, 0.3) is 0 Å². The predicted molar refractivity (Wildman–Crippen MR) is 125 cm³/mol. The molecule has 3 aromatic rings. The Kier molecular flexibility index (Phi) is 7.75. The Balaban J connectivity index is 1.84. The molecule has 0 bridgehead atoms. The smallest absolute Gasteiger partial charge is 0.128 e. The van der Waals surface area contributed by atoms with Crippen LogP contribution in [0, 0.1) is 0 Å². The van der Waals surface area contributed by atoms with Gasteiger partial charge in [0.2, 0.25) is 0 Å². The minimum atomic E-state index is 0.444. The lowest BCUT2D eigenvalue weighted by atomic mass is 10.2. The summed E-state index contributed by atoms with van der Waals surface area (Å²) in [5.41, 5.74) is 3.30. The summed E-state index contributed by atoms with van der Waals surface area (Å²) in [4.78, 5) is 9.28. The topological polar surface area (TPSA) is 43.2 Å². The quantitative estimate of drug-likeness (QED) is 0.297. The van der Waals surface area contributed by atoms with Crippen LogP contribution in [0.2, 0.25) is 0 Å². The fourth-order valence-corrected chi connectivity index (χ4v) is 2.70. The van der Waals surface area contributed by atoms with Crippen molar-refractivity contribution in [2.75, 3.05) is 13.2 Å². The maximum Gasteiger partial charge on any atom is 0.128 e. The van der Waals surface area contributed by atoms with Crippen molar-refractivity contribution in [3.8, 4) is 11.5 Å². The molecule has 0 fully saturated rings. The molecule has 0 heterocycles. The molecule has 0 saturated carbocycles. The first kappa shape index (κ1) is 20.8. The molecule has 150 valence electrons. The van der Waals surface area contributed by atoms with E-state index >= 15 is 0 Å². The summed E-state index contributed by atoms with van der Waals surface area (Å²) in [5, 5.41) is 0. The summed E-state index contributed by atoms with van der Waals surface area (Å²) < 4.78 is 11.4. The molecule has 0 atom stereocenters. The van der Waals surface area contributed by atoms with Gasteiger partial charge in [-0.2, -0.15) is 0 Å². The molecule has 0 aromatic heterocycles. The summed E-state index contributed by atoms with van der Waals surface area (Å²) in [7, 11) is 0. The molecule has 0 spiro atoms. The van der Waals surface area contributed by atoms with Gasteiger partial charge in [0.1, 0.15) is 24.7 Å². The third-order valence-corrected chi connectivity index (χ3v) is 4.12. The highest BCUT2D eigenvalue weighted by molar-refractivity contribution is 5.89. The van der Waals surface area contributed by atoms with E-state index in [2.05, 4.69) is 23.1 Å². The number of para-hydroxylation sites is 4. The van der Waals surface area contributed by atoms with Gasteiger partial charge in [-0.25, -0.2) is 0 Å². The van der Waals surface area contributed by atoms with E-state index in [0.29, 0.717) is 13.2 Å². The molecular formula is C26H24N2O2. The van der Waals surface area contributed by atoms with Crippen LogP contribution in [0.3, 0.4) is 0 Å². The molecular weight excluding hydrogens is 372 g/mol. The number of aliphatic imine (C=N–C) groups is 2. The first-order valence-corrected chi connectivity index (χ1v) is 9.64. The number of benzene rings is 3. The SMILES string of the molecule is C=CCOc1ccccc1C=Nc1ccccc1N=Cc1ccccc1OCC=C. The molecule has 0 aliphatic carbocycles. The van der Waals surface area contributed by atoms with Gasteiger partial charge >= 0.3 is 0 Å². The Morgan fingerprint density at radius 2 is 1.00 bits per heavy atom. The van der Waals surface area contributed by atoms with Gasteiger partial charge in [0.05, 0.1) is 11.4 Å². The van der Waals surface area contributed by atoms with Crippen LogP contribution in [-0.2, 0) is 0 Å². The van der Waals surface area contributed by atoms with Gasteiger partial charge in [0.15, 0.2) is 0 Å². The lowest BCUT2D eigenvalue weighted by Crippen LogP contribution is -1.96. The first-order chi connectivity index (χ1) is 14.8. The number of hydrogen-bond acceptors (Lipinski definition) is 4. The molecule has 0 saturated heterocycles. The van der Waals surface area contributed by atoms with Crippen LogP contribution in [0.4, 0.5) is 11.4 Å². The van der Waals surface area contributed by atoms with Gasteiger partial charge in [-0.05, 0) is 36.4 Å². The van der Waals surface area contributed by atoms with Crippen LogP contribution >= 0.6 is 0 Å². The second-order valence-corrected chi connectivity index (χ2v) is 6.28. The fourth-order valence-electron chi connectivity index (χ4n) is 2.70. The Bertz CT molecular complexity index is 970. The second kappa shape index (κ2) is 11.2. The summed E-state index contributed by atoms with van der Waals surface area (Å²) >= 11 is 0. The first-order valence-electron chi connectivity index (χ1n) is 9.64. The molecule has 30 heavy (non-hydrogen) atoms. The number of rotatable bonds is 10. The van der Waals surface area contributed by atoms with Gasteiger partial charge < -0.3 is 9.47 Å². The fraction of sp³-hybridized carbons (Fsp3) is 0.0769. The number of ether oxygens (including phenoxy) is 2. The van der Waals surface area contributed by atoms with E-state index in [9.17, 15) is 0 Å². The van der Waals surface area contributed by atoms with Gasteiger partial charge in [-0.3, -0.25) is 9.98 Å². The summed E-state index contributed by atoms with van der Waals surface area (Å²) in [5.74, 6) is 1.52. The molecule has 0 radical (unpaired) electrons. The molecule has 4 heteroatoms. The van der Waals surface area contributed by atoms with E-state index in [1.54, 1.807) is 24.6 Å². The van der Waals surface area contributed by atoms with Crippen molar-refractivity contribution in [3.05, 3.63) is 109 Å². The molecule has 0 unspecified atom stereocenters. The maximum atomic E-state index is 5.70. The lowest BCUT2D eigenvalue weighted by Gasteiger charge is -2.07. The Morgan fingerprint density at radius 3 is 1.43 bits per heavy atom. The molecule has 0 aliphatic rings. The molecule has 3 rings (SSSR count). The summed E-state index contributed by atoms with van der Waals surface area (Å²) in [6, 6.07) is 23.2. The van der Waals surface area contributed by atoms with Gasteiger partial charge in [0, 0.05) is 23.6 Å². The summed E-state index contributed by atoms with van der Waals surface area (Å²) in [6.45, 7) is 8.27. The molecule has 0 aliphatic heterocycles. The normalized spacial score (nSPS) is 10.9. The van der Waals surface area contributed by atoms with E-state index in [1.165, 1.54) is 0 Å². The third-order valence-electron chi connectivity index (χ3n) is 4.12. The van der Waals surface area contributed by atoms with Crippen molar-refractivity contribution >= 4 is 23.8 Å². The van der Waals surface area contributed by atoms with E-state index in [-0.39, 0.29) is 0 Å². The zero-order valence-electron chi connectivity index (χ0n) is 16.8. The molecule has 0 N–H and O–H groups in total. The minimum Gasteiger partial charge on any atom is -0.489 e. The molecule has 3 aromatic carbocycles. The average Bonchev–Trinajstić information content (AvgIpc) is 2.80. The van der Waals surface area contributed by atoms with Crippen molar-refractivity contribution in [1.29, 1.82) is 0 Å². The number of nitrogens with zero attached hydrogens (tertiary/aromatic N) is 2. The van der Waals surface area contributed by atoms with E-state index in [4.69, 9.17) is 9.47 Å².